The van der Waals surface area contributed by atoms with Crippen LogP contribution in [0.15, 0.2) is 33.8 Å². The molecule has 8 nitrogen and oxygen atoms in total. The van der Waals surface area contributed by atoms with E-state index in [0.29, 0.717) is 27.6 Å². The molecule has 1 aromatic carbocycles. The maximum atomic E-state index is 13.3. The minimum Gasteiger partial charge on any atom is -0.375 e. The van der Waals surface area contributed by atoms with Gasteiger partial charge in [0.05, 0.1) is 16.1 Å². The average Bonchev–Trinajstić information content (AvgIpc) is 3.23. The maximum absolute atomic E-state index is 13.3. The first-order valence-electron chi connectivity index (χ1n) is 8.04. The van der Waals surface area contributed by atoms with E-state index < -0.39 is 0 Å². The van der Waals surface area contributed by atoms with Gasteiger partial charge in [-0.05, 0) is 26.0 Å². The topological polar surface area (TPSA) is 87.5 Å². The molecule has 26 heavy (non-hydrogen) atoms. The molecule has 4 rings (SSSR count). The van der Waals surface area contributed by atoms with E-state index >= 15 is 0 Å². The first-order chi connectivity index (χ1) is 12.5. The van der Waals surface area contributed by atoms with Crippen molar-refractivity contribution in [3.05, 3.63) is 45.8 Å². The van der Waals surface area contributed by atoms with Crippen LogP contribution >= 0.6 is 11.6 Å². The van der Waals surface area contributed by atoms with Crippen LogP contribution in [-0.4, -0.2) is 31.2 Å². The number of halogens is 1. The van der Waals surface area contributed by atoms with Crippen molar-refractivity contribution in [2.45, 2.75) is 26.5 Å². The Kier molecular flexibility index (Phi) is 4.01. The molecule has 0 aliphatic rings. The van der Waals surface area contributed by atoms with Gasteiger partial charge in [-0.15, -0.1) is 0 Å². The van der Waals surface area contributed by atoms with E-state index in [1.54, 1.807) is 21.4 Å². The molecule has 3 heterocycles. The predicted octanol–water partition coefficient (Wildman–Crippen LogP) is 3.08. The number of hydrogen-bond donors (Lipinski definition) is 0. The van der Waals surface area contributed by atoms with E-state index in [1.807, 2.05) is 26.0 Å². The third-order valence-corrected chi connectivity index (χ3v) is 4.42. The summed E-state index contributed by atoms with van der Waals surface area (Å²) in [5.74, 6) is 0.560. The van der Waals surface area contributed by atoms with Gasteiger partial charge in [-0.3, -0.25) is 9.20 Å². The lowest BCUT2D eigenvalue weighted by atomic mass is 10.2. The molecule has 0 aliphatic carbocycles. The molecule has 0 atom stereocenters. The maximum Gasteiger partial charge on any atom is 0.278 e. The number of aromatic nitrogens is 5. The van der Waals surface area contributed by atoms with Crippen LogP contribution in [-0.2, 0) is 11.3 Å². The zero-order valence-corrected chi connectivity index (χ0v) is 15.2. The molecule has 0 N–H and O–H groups in total. The first-order valence-corrected chi connectivity index (χ1v) is 8.42. The van der Waals surface area contributed by atoms with Crippen molar-refractivity contribution in [2.24, 2.45) is 0 Å². The zero-order valence-electron chi connectivity index (χ0n) is 14.4. The Morgan fingerprint density at radius 3 is 2.85 bits per heavy atom. The molecule has 0 spiro atoms. The summed E-state index contributed by atoms with van der Waals surface area (Å²) in [6.07, 6.45) is 1.57. The molecule has 134 valence electrons. The Hall–Kier alpha value is -2.71. The lowest BCUT2D eigenvalue weighted by molar-refractivity contribution is 0.151. The molecule has 4 aromatic rings. The normalized spacial score (nSPS) is 11.9. The van der Waals surface area contributed by atoms with Crippen LogP contribution in [0.3, 0.4) is 0 Å². The van der Waals surface area contributed by atoms with Gasteiger partial charge in [-0.2, -0.15) is 4.98 Å². The van der Waals surface area contributed by atoms with E-state index in [0.717, 1.165) is 5.52 Å². The molecule has 0 unspecified atom stereocenters. The van der Waals surface area contributed by atoms with Crippen molar-refractivity contribution in [2.75, 3.05) is 7.11 Å². The Morgan fingerprint density at radius 1 is 1.31 bits per heavy atom. The summed E-state index contributed by atoms with van der Waals surface area (Å²) in [7, 11) is 1.53. The average molecular weight is 374 g/mol. The van der Waals surface area contributed by atoms with Gasteiger partial charge in [0.15, 0.2) is 0 Å². The van der Waals surface area contributed by atoms with Crippen LogP contribution in [0.4, 0.5) is 0 Å². The SMILES string of the molecule is COCc1nc(-c2ncn3c2c(=O)n(C(C)C)c2c(Cl)cccc23)no1. The third-order valence-electron chi connectivity index (χ3n) is 4.12. The molecular formula is C17H16ClN5O3. The Balaban J connectivity index is 2.10. The monoisotopic (exact) mass is 373 g/mol. The van der Waals surface area contributed by atoms with Gasteiger partial charge in [0.2, 0.25) is 5.82 Å². The summed E-state index contributed by atoms with van der Waals surface area (Å²) in [4.78, 5) is 21.9. The van der Waals surface area contributed by atoms with Crippen LogP contribution in [0, 0.1) is 0 Å². The number of para-hydroxylation sites is 1. The Bertz CT molecular complexity index is 1170. The summed E-state index contributed by atoms with van der Waals surface area (Å²) in [5.41, 5.74) is 1.96. The zero-order chi connectivity index (χ0) is 18.4. The fourth-order valence-corrected chi connectivity index (χ4v) is 3.34. The summed E-state index contributed by atoms with van der Waals surface area (Å²) in [5, 5.41) is 4.43. The van der Waals surface area contributed by atoms with Gasteiger partial charge in [0.25, 0.3) is 11.4 Å². The minimum atomic E-state index is -0.216. The number of rotatable bonds is 4. The molecular weight excluding hydrogens is 358 g/mol. The number of imidazole rings is 1. The smallest absolute Gasteiger partial charge is 0.278 e. The van der Waals surface area contributed by atoms with Crippen molar-refractivity contribution < 1.29 is 9.26 Å². The molecule has 0 fully saturated rings. The van der Waals surface area contributed by atoms with Crippen molar-refractivity contribution in [3.8, 4) is 11.5 Å². The second-order valence-electron chi connectivity index (χ2n) is 6.13. The Labute approximate surface area is 153 Å². The highest BCUT2D eigenvalue weighted by molar-refractivity contribution is 6.35. The van der Waals surface area contributed by atoms with Crippen LogP contribution < -0.4 is 5.56 Å². The number of benzene rings is 1. The number of fused-ring (bicyclic) bond motifs is 3. The van der Waals surface area contributed by atoms with E-state index in [-0.39, 0.29) is 24.0 Å². The number of ether oxygens (including phenoxy) is 1. The highest BCUT2D eigenvalue weighted by Gasteiger charge is 2.22. The quantitative estimate of drug-likeness (QED) is 0.546. The highest BCUT2D eigenvalue weighted by atomic mass is 35.5. The third kappa shape index (κ3) is 2.41. The van der Waals surface area contributed by atoms with Gasteiger partial charge in [0.1, 0.15) is 24.1 Å². The number of nitrogens with zero attached hydrogens (tertiary/aromatic N) is 5. The van der Waals surface area contributed by atoms with Gasteiger partial charge in [-0.1, -0.05) is 22.8 Å². The van der Waals surface area contributed by atoms with E-state index in [1.165, 1.54) is 7.11 Å². The van der Waals surface area contributed by atoms with Gasteiger partial charge >= 0.3 is 0 Å². The van der Waals surface area contributed by atoms with Crippen LogP contribution in [0.5, 0.6) is 0 Å². The first kappa shape index (κ1) is 16.7. The summed E-state index contributed by atoms with van der Waals surface area (Å²) < 4.78 is 13.5. The largest absolute Gasteiger partial charge is 0.375 e. The standard InChI is InChI=1S/C17H16ClN5O3/c1-9(2)23-14-10(18)5-4-6-11(14)22-8-19-13(15(22)17(23)24)16-20-12(7-25-3)26-21-16/h4-6,8-9H,7H2,1-3H3. The fourth-order valence-electron chi connectivity index (χ4n) is 3.08. The highest BCUT2D eigenvalue weighted by Crippen LogP contribution is 2.28. The Morgan fingerprint density at radius 2 is 2.12 bits per heavy atom. The molecule has 3 aromatic heterocycles. The van der Waals surface area contributed by atoms with Crippen LogP contribution in [0.2, 0.25) is 5.02 Å². The van der Waals surface area contributed by atoms with Crippen molar-refractivity contribution in [1.29, 1.82) is 0 Å². The van der Waals surface area contributed by atoms with Crippen LogP contribution in [0.25, 0.3) is 28.1 Å². The summed E-state index contributed by atoms with van der Waals surface area (Å²) >= 11 is 6.39. The predicted molar refractivity (Wildman–Crippen MR) is 96.4 cm³/mol. The van der Waals surface area contributed by atoms with Gasteiger partial charge in [0, 0.05) is 13.2 Å². The molecule has 0 aliphatic heterocycles. The molecule has 0 radical (unpaired) electrons. The van der Waals surface area contributed by atoms with Gasteiger partial charge in [-0.25, -0.2) is 4.98 Å². The van der Waals surface area contributed by atoms with Crippen molar-refractivity contribution >= 4 is 28.2 Å². The van der Waals surface area contributed by atoms with E-state index in [4.69, 9.17) is 20.9 Å². The lowest BCUT2D eigenvalue weighted by Gasteiger charge is -2.16. The lowest BCUT2D eigenvalue weighted by Crippen LogP contribution is -2.25. The second kappa shape index (κ2) is 6.22. The number of methoxy groups -OCH3 is 1. The van der Waals surface area contributed by atoms with Gasteiger partial charge < -0.3 is 13.8 Å². The molecule has 0 saturated heterocycles. The van der Waals surface area contributed by atoms with Crippen molar-refractivity contribution in [3.63, 3.8) is 0 Å². The molecule has 0 amide bonds. The van der Waals surface area contributed by atoms with Crippen molar-refractivity contribution in [1.82, 2.24) is 24.1 Å². The van der Waals surface area contributed by atoms with E-state index in [9.17, 15) is 4.79 Å². The number of hydrogen-bond acceptors (Lipinski definition) is 6. The second-order valence-corrected chi connectivity index (χ2v) is 6.54. The fraction of sp³-hybridized carbons (Fsp3) is 0.294. The summed E-state index contributed by atoms with van der Waals surface area (Å²) in [6.45, 7) is 4.05. The van der Waals surface area contributed by atoms with Crippen LogP contribution in [0.1, 0.15) is 25.8 Å². The minimum absolute atomic E-state index is 0.0908. The summed E-state index contributed by atoms with van der Waals surface area (Å²) in [6, 6.07) is 5.41. The molecule has 0 saturated carbocycles. The van der Waals surface area contributed by atoms with E-state index in [2.05, 4.69) is 15.1 Å². The molecule has 9 heteroatoms. The molecule has 0 bridgehead atoms.